The van der Waals surface area contributed by atoms with Crippen LogP contribution in [-0.2, 0) is 6.18 Å². The first kappa shape index (κ1) is 15.6. The van der Waals surface area contributed by atoms with E-state index in [-0.39, 0.29) is 12.6 Å². The number of hydrogen-bond acceptors (Lipinski definition) is 2. The van der Waals surface area contributed by atoms with Gasteiger partial charge in [0.15, 0.2) is 0 Å². The van der Waals surface area contributed by atoms with Crippen LogP contribution < -0.4 is 4.90 Å². The van der Waals surface area contributed by atoms with E-state index in [1.165, 1.54) is 6.07 Å². The lowest BCUT2D eigenvalue weighted by Gasteiger charge is -2.37. The second-order valence-electron chi connectivity index (χ2n) is 5.08. The van der Waals surface area contributed by atoms with E-state index in [0.29, 0.717) is 24.2 Å². The molecule has 4 nitrogen and oxygen atoms in total. The predicted octanol–water partition coefficient (Wildman–Crippen LogP) is 3.59. The van der Waals surface area contributed by atoms with E-state index in [0.717, 1.165) is 17.0 Å². The third-order valence-electron chi connectivity index (χ3n) is 3.89. The average molecular weight is 302 g/mol. The fourth-order valence-corrected chi connectivity index (χ4v) is 2.65. The Morgan fingerprint density at radius 2 is 2.14 bits per heavy atom. The van der Waals surface area contributed by atoms with Crippen molar-refractivity contribution >= 4 is 11.8 Å². The number of halogens is 3. The minimum atomic E-state index is -4.43. The fourth-order valence-electron chi connectivity index (χ4n) is 2.65. The zero-order valence-corrected chi connectivity index (χ0v) is 11.8. The molecule has 7 heteroatoms. The summed E-state index contributed by atoms with van der Waals surface area (Å²) in [7, 11) is 1.82. The first-order chi connectivity index (χ1) is 9.75. The number of nitrogens with zero attached hydrogens (tertiary/aromatic N) is 2. The topological polar surface area (TPSA) is 43.8 Å². The number of rotatable bonds is 2. The van der Waals surface area contributed by atoms with Crippen molar-refractivity contribution in [3.05, 3.63) is 29.3 Å². The number of hydrogen-bond donors (Lipinski definition) is 1. The Hall–Kier alpha value is -1.76. The van der Waals surface area contributed by atoms with E-state index in [1.807, 2.05) is 18.9 Å². The van der Waals surface area contributed by atoms with Crippen molar-refractivity contribution in [2.75, 3.05) is 25.0 Å². The maximum Gasteiger partial charge on any atom is 0.416 e. The first-order valence-electron chi connectivity index (χ1n) is 6.67. The van der Waals surface area contributed by atoms with Gasteiger partial charge < -0.3 is 5.11 Å². The van der Waals surface area contributed by atoms with E-state index in [9.17, 15) is 23.1 Å². The van der Waals surface area contributed by atoms with Crippen molar-refractivity contribution in [1.82, 2.24) is 4.90 Å². The highest BCUT2D eigenvalue weighted by molar-refractivity contribution is 5.88. The maximum absolute atomic E-state index is 12.9. The highest BCUT2D eigenvalue weighted by atomic mass is 19.4. The summed E-state index contributed by atoms with van der Waals surface area (Å²) < 4.78 is 38.6. The third-order valence-corrected chi connectivity index (χ3v) is 3.89. The van der Waals surface area contributed by atoms with E-state index >= 15 is 0 Å². The lowest BCUT2D eigenvalue weighted by Crippen LogP contribution is -2.39. The van der Waals surface area contributed by atoms with Gasteiger partial charge in [0.2, 0.25) is 0 Å². The van der Waals surface area contributed by atoms with Crippen LogP contribution in [0.2, 0.25) is 0 Å². The summed E-state index contributed by atoms with van der Waals surface area (Å²) >= 11 is 0. The summed E-state index contributed by atoms with van der Waals surface area (Å²) in [6.45, 7) is 2.87. The molecule has 1 heterocycles. The summed E-state index contributed by atoms with van der Waals surface area (Å²) in [6.07, 6.45) is -5.10. The first-order valence-corrected chi connectivity index (χ1v) is 6.67. The van der Waals surface area contributed by atoms with Gasteiger partial charge in [-0.1, -0.05) is 6.92 Å². The molecular formula is C14H17F3N2O2. The largest absolute Gasteiger partial charge is 0.465 e. The van der Waals surface area contributed by atoms with Gasteiger partial charge in [-0.05, 0) is 43.8 Å². The van der Waals surface area contributed by atoms with Gasteiger partial charge >= 0.3 is 12.3 Å². The van der Waals surface area contributed by atoms with Crippen LogP contribution in [-0.4, -0.2) is 36.2 Å². The van der Waals surface area contributed by atoms with Gasteiger partial charge in [0, 0.05) is 12.6 Å². The number of carboxylic acid groups (broad SMARTS) is 1. The Balaban J connectivity index is 2.53. The molecule has 0 unspecified atom stereocenters. The van der Waals surface area contributed by atoms with Crippen molar-refractivity contribution in [2.24, 2.45) is 0 Å². The molecule has 0 fully saturated rings. The van der Waals surface area contributed by atoms with Gasteiger partial charge in [-0.3, -0.25) is 9.80 Å². The molecule has 0 aliphatic carbocycles. The number of amides is 1. The van der Waals surface area contributed by atoms with Crippen molar-refractivity contribution in [2.45, 2.75) is 25.6 Å². The Morgan fingerprint density at radius 1 is 1.48 bits per heavy atom. The van der Waals surface area contributed by atoms with Crippen LogP contribution in [0.1, 0.15) is 30.5 Å². The standard InChI is InChI=1S/C14H17F3N2O2/c1-3-18(2)11-6-7-19(13(20)21)12-5-4-9(8-10(11)12)14(15,16)17/h4-5,8,11H,3,6-7H2,1-2H3,(H,20,21)/t11-/m0/s1. The second kappa shape index (κ2) is 5.55. The number of benzene rings is 1. The van der Waals surface area contributed by atoms with Crippen molar-refractivity contribution in [3.8, 4) is 0 Å². The minimum absolute atomic E-state index is 0.206. The Morgan fingerprint density at radius 3 is 2.67 bits per heavy atom. The highest BCUT2D eigenvalue weighted by Crippen LogP contribution is 2.40. The van der Waals surface area contributed by atoms with E-state index in [4.69, 9.17) is 0 Å². The molecule has 1 amide bonds. The van der Waals surface area contributed by atoms with Crippen LogP contribution in [0.5, 0.6) is 0 Å². The van der Waals surface area contributed by atoms with E-state index in [2.05, 4.69) is 0 Å². The minimum Gasteiger partial charge on any atom is -0.465 e. The zero-order chi connectivity index (χ0) is 15.8. The van der Waals surface area contributed by atoms with Crippen LogP contribution in [0.4, 0.5) is 23.7 Å². The van der Waals surface area contributed by atoms with Crippen LogP contribution >= 0.6 is 0 Å². The second-order valence-corrected chi connectivity index (χ2v) is 5.08. The lowest BCUT2D eigenvalue weighted by molar-refractivity contribution is -0.137. The van der Waals surface area contributed by atoms with Crippen molar-refractivity contribution in [1.29, 1.82) is 0 Å². The molecule has 1 aromatic rings. The van der Waals surface area contributed by atoms with Gasteiger partial charge in [0.1, 0.15) is 0 Å². The normalized spacial score (nSPS) is 18.8. The molecule has 116 valence electrons. The maximum atomic E-state index is 12.9. The van der Waals surface area contributed by atoms with Gasteiger partial charge in [-0.25, -0.2) is 4.79 Å². The highest BCUT2D eigenvalue weighted by Gasteiger charge is 2.35. The summed E-state index contributed by atoms with van der Waals surface area (Å²) in [5.74, 6) is 0. The van der Waals surface area contributed by atoms with Crippen molar-refractivity contribution < 1.29 is 23.1 Å². The van der Waals surface area contributed by atoms with Gasteiger partial charge in [0.05, 0.1) is 11.3 Å². The third kappa shape index (κ3) is 2.97. The monoisotopic (exact) mass is 302 g/mol. The predicted molar refractivity (Wildman–Crippen MR) is 72.5 cm³/mol. The molecule has 0 saturated heterocycles. The molecule has 1 atom stereocenters. The number of fused-ring (bicyclic) bond motifs is 1. The summed E-state index contributed by atoms with van der Waals surface area (Å²) in [5, 5.41) is 9.19. The van der Waals surface area contributed by atoms with Gasteiger partial charge in [0.25, 0.3) is 0 Å². The molecule has 0 bridgehead atoms. The molecule has 1 aliphatic heterocycles. The molecule has 0 saturated carbocycles. The Kier molecular flexibility index (Phi) is 4.13. The lowest BCUT2D eigenvalue weighted by atomic mass is 9.93. The summed E-state index contributed by atoms with van der Waals surface area (Å²) in [6, 6.07) is 3.05. The quantitative estimate of drug-likeness (QED) is 0.908. The van der Waals surface area contributed by atoms with Gasteiger partial charge in [-0.15, -0.1) is 0 Å². The van der Waals surface area contributed by atoms with Crippen LogP contribution in [0.25, 0.3) is 0 Å². The SMILES string of the molecule is CCN(C)[C@H]1CCN(C(=O)O)c2ccc(C(F)(F)F)cc21. The van der Waals surface area contributed by atoms with Crippen molar-refractivity contribution in [3.63, 3.8) is 0 Å². The average Bonchev–Trinajstić information content (AvgIpc) is 2.43. The molecule has 0 spiro atoms. The molecule has 1 aromatic carbocycles. The fraction of sp³-hybridized carbons (Fsp3) is 0.500. The molecule has 2 rings (SSSR count). The Labute approximate surface area is 120 Å². The molecule has 0 aromatic heterocycles. The number of alkyl halides is 3. The molecule has 21 heavy (non-hydrogen) atoms. The van der Waals surface area contributed by atoms with E-state index < -0.39 is 17.8 Å². The number of anilines is 1. The van der Waals surface area contributed by atoms with Crippen LogP contribution in [0.3, 0.4) is 0 Å². The molecular weight excluding hydrogens is 285 g/mol. The smallest absolute Gasteiger partial charge is 0.416 e. The molecule has 1 aliphatic rings. The summed E-state index contributed by atoms with van der Waals surface area (Å²) in [4.78, 5) is 14.3. The zero-order valence-electron chi connectivity index (χ0n) is 11.8. The number of carbonyl (C=O) groups is 1. The van der Waals surface area contributed by atoms with Crippen LogP contribution in [0, 0.1) is 0 Å². The molecule has 1 N–H and O–H groups in total. The Bertz CT molecular complexity index is 546. The van der Waals surface area contributed by atoms with Gasteiger partial charge in [-0.2, -0.15) is 13.2 Å². The summed E-state index contributed by atoms with van der Waals surface area (Å²) in [5.41, 5.74) is 0.0119. The van der Waals surface area contributed by atoms with E-state index in [1.54, 1.807) is 0 Å². The van der Waals surface area contributed by atoms with Crippen LogP contribution in [0.15, 0.2) is 18.2 Å². The molecule has 0 radical (unpaired) electrons.